The third-order valence-electron chi connectivity index (χ3n) is 5.11. The molecule has 0 aliphatic carbocycles. The summed E-state index contributed by atoms with van der Waals surface area (Å²) < 4.78 is 18.5. The molecule has 8 nitrogen and oxygen atoms in total. The second-order valence-electron chi connectivity index (χ2n) is 7.27. The van der Waals surface area contributed by atoms with Crippen LogP contribution in [0.3, 0.4) is 0 Å². The summed E-state index contributed by atoms with van der Waals surface area (Å²) in [6, 6.07) is 24.5. The van der Waals surface area contributed by atoms with E-state index in [1.54, 1.807) is 0 Å². The zero-order valence-corrected chi connectivity index (χ0v) is 17.8. The highest BCUT2D eigenvalue weighted by atomic mass is 16.5. The van der Waals surface area contributed by atoms with Crippen LogP contribution in [0.5, 0.6) is 17.2 Å². The maximum absolute atomic E-state index is 12.8. The molecule has 33 heavy (non-hydrogen) atoms. The van der Waals surface area contributed by atoms with Crippen LogP contribution in [0.15, 0.2) is 78.9 Å². The highest BCUT2D eigenvalue weighted by Gasteiger charge is 2.25. The second-order valence-corrected chi connectivity index (χ2v) is 7.27. The SMILES string of the molecule is COC(=O)c1c(OCc2ccccc2)c2ccc(Oc3ccccc3)cc2c2nc(N)nn12. The van der Waals surface area contributed by atoms with Crippen LogP contribution in [0.2, 0.25) is 0 Å². The molecule has 0 atom stereocenters. The molecule has 5 rings (SSSR count). The van der Waals surface area contributed by atoms with Gasteiger partial charge in [-0.1, -0.05) is 48.5 Å². The Morgan fingerprint density at radius 3 is 2.39 bits per heavy atom. The Bertz CT molecular complexity index is 1450. The third-order valence-corrected chi connectivity index (χ3v) is 5.11. The van der Waals surface area contributed by atoms with Gasteiger partial charge in [-0.25, -0.2) is 4.79 Å². The molecule has 164 valence electrons. The maximum Gasteiger partial charge on any atom is 0.360 e. The van der Waals surface area contributed by atoms with Gasteiger partial charge in [0.15, 0.2) is 17.1 Å². The van der Waals surface area contributed by atoms with E-state index in [1.165, 1.54) is 11.6 Å². The summed E-state index contributed by atoms with van der Waals surface area (Å²) in [6.45, 7) is 0.248. The first-order valence-electron chi connectivity index (χ1n) is 10.2. The number of hydrogen-bond acceptors (Lipinski definition) is 7. The van der Waals surface area contributed by atoms with Crippen LogP contribution >= 0.6 is 0 Å². The number of ether oxygens (including phenoxy) is 3. The minimum Gasteiger partial charge on any atom is -0.486 e. The standard InChI is InChI=1S/C25H20N4O4/c1-31-24(30)21-22(32-15-16-8-4-2-5-9-16)19-13-12-18(33-17-10-6-3-7-11-17)14-20(19)23-27-25(26)28-29(21)23/h2-14H,15H2,1H3,(H2,26,28). The van der Waals surface area contributed by atoms with Crippen LogP contribution < -0.4 is 15.2 Å². The Labute approximate surface area is 189 Å². The van der Waals surface area contributed by atoms with Crippen molar-refractivity contribution < 1.29 is 19.0 Å². The lowest BCUT2D eigenvalue weighted by molar-refractivity contribution is 0.0585. The van der Waals surface area contributed by atoms with E-state index in [4.69, 9.17) is 19.9 Å². The minimum atomic E-state index is -0.612. The van der Waals surface area contributed by atoms with Crippen molar-refractivity contribution in [1.82, 2.24) is 14.6 Å². The quantitative estimate of drug-likeness (QED) is 0.384. The number of esters is 1. The van der Waals surface area contributed by atoms with Gasteiger partial charge in [-0.15, -0.1) is 5.10 Å². The summed E-state index contributed by atoms with van der Waals surface area (Å²) in [5, 5.41) is 5.55. The largest absolute Gasteiger partial charge is 0.486 e. The van der Waals surface area contributed by atoms with Crippen molar-refractivity contribution in [2.75, 3.05) is 12.8 Å². The molecule has 8 heteroatoms. The van der Waals surface area contributed by atoms with E-state index < -0.39 is 5.97 Å². The number of carbonyl (C=O) groups excluding carboxylic acids is 1. The van der Waals surface area contributed by atoms with E-state index in [-0.39, 0.29) is 18.2 Å². The number of nitrogen functional groups attached to an aromatic ring is 1. The molecule has 5 aromatic rings. The van der Waals surface area contributed by atoms with Gasteiger partial charge in [0.1, 0.15) is 18.1 Å². The molecule has 0 fully saturated rings. The van der Waals surface area contributed by atoms with E-state index in [0.717, 1.165) is 5.56 Å². The van der Waals surface area contributed by atoms with E-state index in [0.29, 0.717) is 33.7 Å². The van der Waals surface area contributed by atoms with Crippen LogP contribution in [0.1, 0.15) is 16.1 Å². The summed E-state index contributed by atoms with van der Waals surface area (Å²) in [6.07, 6.45) is 0. The molecule has 0 saturated carbocycles. The average Bonchev–Trinajstić information content (AvgIpc) is 3.24. The maximum atomic E-state index is 12.8. The molecule has 2 aromatic heterocycles. The molecule has 0 aliphatic heterocycles. The van der Waals surface area contributed by atoms with Gasteiger partial charge in [-0.2, -0.15) is 9.50 Å². The molecule has 0 saturated heterocycles. The van der Waals surface area contributed by atoms with Gasteiger partial charge in [-0.3, -0.25) is 0 Å². The zero-order chi connectivity index (χ0) is 22.8. The molecular formula is C25H20N4O4. The number of methoxy groups -OCH3 is 1. The van der Waals surface area contributed by atoms with Gasteiger partial charge in [0.05, 0.1) is 7.11 Å². The fourth-order valence-electron chi connectivity index (χ4n) is 3.63. The van der Waals surface area contributed by atoms with Crippen LogP contribution in [-0.2, 0) is 11.3 Å². The fourth-order valence-corrected chi connectivity index (χ4v) is 3.63. The van der Waals surface area contributed by atoms with Crippen molar-refractivity contribution in [3.8, 4) is 17.2 Å². The number of benzene rings is 3. The summed E-state index contributed by atoms with van der Waals surface area (Å²) >= 11 is 0. The summed E-state index contributed by atoms with van der Waals surface area (Å²) in [4.78, 5) is 17.1. The smallest absolute Gasteiger partial charge is 0.360 e. The Morgan fingerprint density at radius 1 is 0.939 bits per heavy atom. The van der Waals surface area contributed by atoms with Gasteiger partial charge < -0.3 is 19.9 Å². The molecule has 0 amide bonds. The summed E-state index contributed by atoms with van der Waals surface area (Å²) in [5.41, 5.74) is 7.35. The van der Waals surface area contributed by atoms with Crippen LogP contribution in [0, 0.1) is 0 Å². The Kier molecular flexibility index (Phi) is 5.24. The lowest BCUT2D eigenvalue weighted by atomic mass is 10.1. The second kappa shape index (κ2) is 8.51. The predicted octanol–water partition coefficient (Wildman–Crippen LogP) is 4.62. The highest BCUT2D eigenvalue weighted by molar-refractivity contribution is 6.06. The Balaban J connectivity index is 1.69. The normalized spacial score (nSPS) is 10.9. The van der Waals surface area contributed by atoms with Gasteiger partial charge in [-0.05, 0) is 35.9 Å². The van der Waals surface area contributed by atoms with Gasteiger partial charge in [0.2, 0.25) is 5.95 Å². The minimum absolute atomic E-state index is 0.0241. The van der Waals surface area contributed by atoms with Crippen molar-refractivity contribution in [1.29, 1.82) is 0 Å². The van der Waals surface area contributed by atoms with Gasteiger partial charge >= 0.3 is 5.97 Å². The molecule has 0 aliphatic rings. The van der Waals surface area contributed by atoms with Gasteiger partial charge in [0.25, 0.3) is 0 Å². The monoisotopic (exact) mass is 440 g/mol. The summed E-state index contributed by atoms with van der Waals surface area (Å²) in [5.74, 6) is 1.03. The van der Waals surface area contributed by atoms with E-state index in [9.17, 15) is 4.79 Å². The van der Waals surface area contributed by atoms with Crippen molar-refractivity contribution in [3.63, 3.8) is 0 Å². The highest BCUT2D eigenvalue weighted by Crippen LogP contribution is 2.37. The third kappa shape index (κ3) is 3.89. The van der Waals surface area contributed by atoms with Gasteiger partial charge in [0, 0.05) is 10.8 Å². The van der Waals surface area contributed by atoms with Crippen molar-refractivity contribution in [2.24, 2.45) is 0 Å². The number of para-hydroxylation sites is 1. The Hall–Kier alpha value is -4.59. The molecule has 0 radical (unpaired) electrons. The first-order valence-corrected chi connectivity index (χ1v) is 10.2. The predicted molar refractivity (Wildman–Crippen MR) is 124 cm³/mol. The molecule has 3 aromatic carbocycles. The number of carbonyl (C=O) groups is 1. The van der Waals surface area contributed by atoms with Crippen molar-refractivity contribution in [3.05, 3.63) is 90.1 Å². The number of aromatic nitrogens is 3. The van der Waals surface area contributed by atoms with Crippen molar-refractivity contribution >= 4 is 28.3 Å². The van der Waals surface area contributed by atoms with Crippen molar-refractivity contribution in [2.45, 2.75) is 6.61 Å². The topological polar surface area (TPSA) is 101 Å². The summed E-state index contributed by atoms with van der Waals surface area (Å²) in [7, 11) is 1.30. The first-order chi connectivity index (χ1) is 16.1. The molecule has 0 unspecified atom stereocenters. The number of nitrogens with zero attached hydrogens (tertiary/aromatic N) is 3. The van der Waals surface area contributed by atoms with E-state index in [1.807, 2.05) is 78.9 Å². The molecule has 0 spiro atoms. The number of hydrogen-bond donors (Lipinski definition) is 1. The number of fused-ring (bicyclic) bond motifs is 3. The van der Waals surface area contributed by atoms with Crippen LogP contribution in [0.4, 0.5) is 5.95 Å². The first kappa shape index (κ1) is 20.3. The lowest BCUT2D eigenvalue weighted by Gasteiger charge is -2.16. The van der Waals surface area contributed by atoms with E-state index >= 15 is 0 Å². The lowest BCUT2D eigenvalue weighted by Crippen LogP contribution is -2.13. The fraction of sp³-hybridized carbons (Fsp3) is 0.0800. The zero-order valence-electron chi connectivity index (χ0n) is 17.8. The molecule has 2 heterocycles. The molecule has 0 bridgehead atoms. The Morgan fingerprint density at radius 2 is 1.67 bits per heavy atom. The van der Waals surface area contributed by atoms with E-state index in [2.05, 4.69) is 10.1 Å². The number of pyridine rings is 1. The molecular weight excluding hydrogens is 420 g/mol. The number of nitrogens with two attached hydrogens (primary N) is 1. The number of anilines is 1. The van der Waals surface area contributed by atoms with Crippen LogP contribution in [-0.4, -0.2) is 27.7 Å². The molecule has 2 N–H and O–H groups in total. The number of rotatable bonds is 6. The average molecular weight is 440 g/mol. The van der Waals surface area contributed by atoms with Crippen LogP contribution in [0.25, 0.3) is 16.4 Å².